The highest BCUT2D eigenvalue weighted by Gasteiger charge is 2.18. The molecule has 0 aliphatic heterocycles. The zero-order valence-electron chi connectivity index (χ0n) is 26.9. The van der Waals surface area contributed by atoms with E-state index in [9.17, 15) is 9.18 Å². The molecule has 0 bridgehead atoms. The van der Waals surface area contributed by atoms with Crippen molar-refractivity contribution >= 4 is 39.8 Å². The number of amides is 1. The standard InChI is InChI=1S/C34H44FN7O3/c1-7-9-10-18-45-19-17-42-23-26(25-12-11-24(35)20-30(25)42)27-13-14-36-34(38-27)39-29-21-28(37-33(43)8-2)31(22-32(29)44-6)41(5)16-15-40(3)4/h8,11-14,20-23H,2,7,9-10,15-19H2,1,3-6H3,(H,37,43)(H,36,38,39). The van der Waals surface area contributed by atoms with Crippen LogP contribution in [0.3, 0.4) is 0 Å². The molecule has 0 spiro atoms. The lowest BCUT2D eigenvalue weighted by atomic mass is 10.1. The number of carbonyl (C=O) groups excluding carboxylic acids is 1. The van der Waals surface area contributed by atoms with Crippen molar-refractivity contribution in [2.75, 3.05) is 70.1 Å². The van der Waals surface area contributed by atoms with Crippen molar-refractivity contribution in [3.63, 3.8) is 0 Å². The number of halogens is 1. The summed E-state index contributed by atoms with van der Waals surface area (Å²) < 4.78 is 27.9. The van der Waals surface area contributed by atoms with Gasteiger partial charge in [-0.25, -0.2) is 14.4 Å². The zero-order chi connectivity index (χ0) is 32.3. The van der Waals surface area contributed by atoms with Crippen LogP contribution in [0, 0.1) is 5.82 Å². The van der Waals surface area contributed by atoms with Gasteiger partial charge in [0.15, 0.2) is 0 Å². The van der Waals surface area contributed by atoms with Crippen molar-refractivity contribution in [1.82, 2.24) is 19.4 Å². The third-order valence-corrected chi connectivity index (χ3v) is 7.45. The second-order valence-electron chi connectivity index (χ2n) is 11.1. The average molecular weight is 618 g/mol. The van der Waals surface area contributed by atoms with Crippen LogP contribution < -0.4 is 20.3 Å². The number of methoxy groups -OCH3 is 1. The minimum absolute atomic E-state index is 0.301. The first kappa shape index (κ1) is 33.4. The molecule has 0 radical (unpaired) electrons. The molecule has 4 rings (SSSR count). The van der Waals surface area contributed by atoms with Crippen LogP contribution in [0.1, 0.15) is 26.2 Å². The number of nitrogens with one attached hydrogen (secondary N) is 2. The first-order valence-electron chi connectivity index (χ1n) is 15.2. The Labute approximate surface area is 264 Å². The van der Waals surface area contributed by atoms with Crippen molar-refractivity contribution in [2.24, 2.45) is 0 Å². The number of hydrogen-bond acceptors (Lipinski definition) is 8. The summed E-state index contributed by atoms with van der Waals surface area (Å²) in [6, 6.07) is 10.3. The molecule has 10 nitrogen and oxygen atoms in total. The number of aromatic nitrogens is 3. The summed E-state index contributed by atoms with van der Waals surface area (Å²) in [5.74, 6) is 0.261. The predicted octanol–water partition coefficient (Wildman–Crippen LogP) is 6.32. The minimum Gasteiger partial charge on any atom is -0.494 e. The van der Waals surface area contributed by atoms with Gasteiger partial charge in [0.2, 0.25) is 11.9 Å². The average Bonchev–Trinajstić information content (AvgIpc) is 3.39. The normalized spacial score (nSPS) is 11.2. The molecule has 0 atom stereocenters. The van der Waals surface area contributed by atoms with E-state index in [0.717, 1.165) is 54.5 Å². The van der Waals surface area contributed by atoms with Crippen LogP contribution in [0.5, 0.6) is 5.75 Å². The molecule has 240 valence electrons. The molecular weight excluding hydrogens is 573 g/mol. The monoisotopic (exact) mass is 617 g/mol. The predicted molar refractivity (Wildman–Crippen MR) is 180 cm³/mol. The third-order valence-electron chi connectivity index (χ3n) is 7.45. The highest BCUT2D eigenvalue weighted by Crippen LogP contribution is 2.38. The number of benzene rings is 2. The Bertz CT molecular complexity index is 1600. The number of fused-ring (bicyclic) bond motifs is 1. The molecule has 0 saturated heterocycles. The summed E-state index contributed by atoms with van der Waals surface area (Å²) in [7, 11) is 7.57. The number of anilines is 4. The van der Waals surface area contributed by atoms with Crippen molar-refractivity contribution in [3.05, 3.63) is 67.3 Å². The molecule has 45 heavy (non-hydrogen) atoms. The van der Waals surface area contributed by atoms with Crippen LogP contribution in [0.4, 0.5) is 27.4 Å². The van der Waals surface area contributed by atoms with Gasteiger partial charge in [0.25, 0.3) is 0 Å². The molecule has 4 aromatic rings. The smallest absolute Gasteiger partial charge is 0.247 e. The van der Waals surface area contributed by atoms with Gasteiger partial charge in [-0.2, -0.15) is 0 Å². The van der Waals surface area contributed by atoms with E-state index >= 15 is 0 Å². The van der Waals surface area contributed by atoms with Crippen LogP contribution in [-0.4, -0.2) is 79.9 Å². The van der Waals surface area contributed by atoms with Gasteiger partial charge in [-0.05, 0) is 56.9 Å². The van der Waals surface area contributed by atoms with Gasteiger partial charge < -0.3 is 34.5 Å². The van der Waals surface area contributed by atoms with E-state index in [1.165, 1.54) is 18.2 Å². The van der Waals surface area contributed by atoms with Crippen molar-refractivity contribution in [2.45, 2.75) is 32.7 Å². The fourth-order valence-corrected chi connectivity index (χ4v) is 4.97. The lowest BCUT2D eigenvalue weighted by Crippen LogP contribution is -2.29. The van der Waals surface area contributed by atoms with E-state index in [1.54, 1.807) is 25.4 Å². The maximum absolute atomic E-state index is 14.3. The van der Waals surface area contributed by atoms with Gasteiger partial charge in [0.1, 0.15) is 11.6 Å². The molecule has 1 amide bonds. The van der Waals surface area contributed by atoms with Crippen LogP contribution >= 0.6 is 0 Å². The van der Waals surface area contributed by atoms with Crippen LogP contribution in [0.15, 0.2) is 61.4 Å². The van der Waals surface area contributed by atoms with Gasteiger partial charge in [0.05, 0.1) is 42.0 Å². The molecule has 2 aromatic carbocycles. The Morgan fingerprint density at radius 3 is 2.64 bits per heavy atom. The fraction of sp³-hybridized carbons (Fsp3) is 0.382. The molecule has 0 fully saturated rings. The number of unbranched alkanes of at least 4 members (excludes halogenated alkanes) is 2. The minimum atomic E-state index is -0.328. The first-order chi connectivity index (χ1) is 21.7. The summed E-state index contributed by atoms with van der Waals surface area (Å²) in [5.41, 5.74) is 4.24. The molecule has 2 aromatic heterocycles. The summed E-state index contributed by atoms with van der Waals surface area (Å²) in [5, 5.41) is 7.05. The number of nitrogens with zero attached hydrogens (tertiary/aromatic N) is 5. The lowest BCUT2D eigenvalue weighted by molar-refractivity contribution is -0.111. The van der Waals surface area contributed by atoms with Gasteiger partial charge in [-0.15, -0.1) is 0 Å². The maximum atomic E-state index is 14.3. The SMILES string of the molecule is C=CC(=O)Nc1cc(Nc2nccc(-c3cn(CCOCCCCC)c4cc(F)ccc34)n2)c(OC)cc1N(C)CCN(C)C. The quantitative estimate of drug-likeness (QED) is 0.105. The number of rotatable bonds is 17. The van der Waals surface area contributed by atoms with Gasteiger partial charge in [-0.3, -0.25) is 4.79 Å². The molecule has 2 N–H and O–H groups in total. The van der Waals surface area contributed by atoms with Gasteiger partial charge in [-0.1, -0.05) is 26.3 Å². The first-order valence-corrected chi connectivity index (χ1v) is 15.2. The Hall–Kier alpha value is -4.48. The lowest BCUT2D eigenvalue weighted by Gasteiger charge is -2.26. The zero-order valence-corrected chi connectivity index (χ0v) is 26.9. The van der Waals surface area contributed by atoms with Crippen molar-refractivity contribution < 1.29 is 18.7 Å². The molecule has 0 unspecified atom stereocenters. The van der Waals surface area contributed by atoms with E-state index in [2.05, 4.69) is 38.9 Å². The van der Waals surface area contributed by atoms with Crippen molar-refractivity contribution in [1.29, 1.82) is 0 Å². The summed E-state index contributed by atoms with van der Waals surface area (Å²) in [4.78, 5) is 25.7. The van der Waals surface area contributed by atoms with Crippen LogP contribution in [0.2, 0.25) is 0 Å². The summed E-state index contributed by atoms with van der Waals surface area (Å²) in [6.45, 7) is 9.14. The Morgan fingerprint density at radius 2 is 1.91 bits per heavy atom. The van der Waals surface area contributed by atoms with E-state index in [1.807, 2.05) is 44.0 Å². The Balaban J connectivity index is 1.64. The van der Waals surface area contributed by atoms with Gasteiger partial charge in [0, 0.05) is 62.7 Å². The number of likely N-dealkylation sites (N-methyl/N-ethyl adjacent to an activating group) is 2. The van der Waals surface area contributed by atoms with E-state index in [-0.39, 0.29) is 11.7 Å². The summed E-state index contributed by atoms with van der Waals surface area (Å²) >= 11 is 0. The second kappa shape index (κ2) is 16.0. The fourth-order valence-electron chi connectivity index (χ4n) is 4.97. The van der Waals surface area contributed by atoms with E-state index in [4.69, 9.17) is 14.5 Å². The van der Waals surface area contributed by atoms with E-state index in [0.29, 0.717) is 48.5 Å². The Kier molecular flexibility index (Phi) is 11.9. The molecule has 0 aliphatic carbocycles. The maximum Gasteiger partial charge on any atom is 0.247 e. The molecule has 11 heteroatoms. The second-order valence-corrected chi connectivity index (χ2v) is 11.1. The number of ether oxygens (including phenoxy) is 2. The Morgan fingerprint density at radius 1 is 1.09 bits per heavy atom. The molecular formula is C34H44FN7O3. The number of carbonyl (C=O) groups is 1. The third kappa shape index (κ3) is 8.80. The van der Waals surface area contributed by atoms with Crippen LogP contribution in [0.25, 0.3) is 22.2 Å². The number of hydrogen-bond donors (Lipinski definition) is 2. The van der Waals surface area contributed by atoms with Crippen molar-refractivity contribution in [3.8, 4) is 17.0 Å². The summed E-state index contributed by atoms with van der Waals surface area (Å²) in [6.07, 6.45) is 8.19. The topological polar surface area (TPSA) is 96.8 Å². The van der Waals surface area contributed by atoms with Gasteiger partial charge >= 0.3 is 0 Å². The largest absolute Gasteiger partial charge is 0.494 e. The van der Waals surface area contributed by atoms with E-state index < -0.39 is 0 Å². The highest BCUT2D eigenvalue weighted by atomic mass is 19.1. The molecule has 0 aliphatic rings. The van der Waals surface area contributed by atoms with Crippen LogP contribution in [-0.2, 0) is 16.1 Å². The molecule has 0 saturated carbocycles. The highest BCUT2D eigenvalue weighted by molar-refractivity contribution is 6.02. The molecule has 2 heterocycles.